The van der Waals surface area contributed by atoms with E-state index in [1.165, 1.54) is 6.07 Å². The first-order chi connectivity index (χ1) is 8.90. The molecule has 1 aromatic rings. The van der Waals surface area contributed by atoms with Gasteiger partial charge in [0.15, 0.2) is 0 Å². The summed E-state index contributed by atoms with van der Waals surface area (Å²) < 4.78 is 43.1. The van der Waals surface area contributed by atoms with Gasteiger partial charge in [-0.15, -0.1) is 0 Å². The van der Waals surface area contributed by atoms with Crippen molar-refractivity contribution in [2.45, 2.75) is 19.6 Å². The number of nitrogens with two attached hydrogens (primary N) is 1. The van der Waals surface area contributed by atoms with Crippen molar-refractivity contribution in [2.75, 3.05) is 31.7 Å². The SMILES string of the molecule is CCOCCN(C)c1ccc(C(F)(F)F)cc1CN. The summed E-state index contributed by atoms with van der Waals surface area (Å²) >= 11 is 0. The molecular formula is C13H19F3N2O. The normalized spacial score (nSPS) is 11.7. The monoisotopic (exact) mass is 276 g/mol. The van der Waals surface area contributed by atoms with Crippen LogP contribution in [0.5, 0.6) is 0 Å². The van der Waals surface area contributed by atoms with Crippen molar-refractivity contribution in [3.05, 3.63) is 29.3 Å². The van der Waals surface area contributed by atoms with Crippen LogP contribution in [-0.2, 0) is 17.5 Å². The number of nitrogens with zero attached hydrogens (tertiary/aromatic N) is 1. The van der Waals surface area contributed by atoms with Crippen molar-refractivity contribution < 1.29 is 17.9 Å². The lowest BCUT2D eigenvalue weighted by Gasteiger charge is -2.23. The largest absolute Gasteiger partial charge is 0.416 e. The molecule has 19 heavy (non-hydrogen) atoms. The quantitative estimate of drug-likeness (QED) is 0.812. The molecule has 6 heteroatoms. The van der Waals surface area contributed by atoms with E-state index in [2.05, 4.69) is 0 Å². The molecule has 1 aromatic carbocycles. The molecule has 0 amide bonds. The average Bonchev–Trinajstić information content (AvgIpc) is 2.37. The van der Waals surface area contributed by atoms with Gasteiger partial charge < -0.3 is 15.4 Å². The Balaban J connectivity index is 2.89. The summed E-state index contributed by atoms with van der Waals surface area (Å²) in [7, 11) is 1.81. The highest BCUT2D eigenvalue weighted by Crippen LogP contribution is 2.32. The number of hydrogen-bond donors (Lipinski definition) is 1. The van der Waals surface area contributed by atoms with Crippen molar-refractivity contribution >= 4 is 5.69 Å². The van der Waals surface area contributed by atoms with Crippen LogP contribution in [0.15, 0.2) is 18.2 Å². The summed E-state index contributed by atoms with van der Waals surface area (Å²) in [5.74, 6) is 0. The summed E-state index contributed by atoms with van der Waals surface area (Å²) in [6.45, 7) is 3.70. The molecule has 0 aliphatic heterocycles. The van der Waals surface area contributed by atoms with Crippen LogP contribution in [0.4, 0.5) is 18.9 Å². The lowest BCUT2D eigenvalue weighted by Crippen LogP contribution is -2.24. The number of hydrogen-bond acceptors (Lipinski definition) is 3. The molecule has 2 N–H and O–H groups in total. The highest BCUT2D eigenvalue weighted by molar-refractivity contribution is 5.55. The van der Waals surface area contributed by atoms with E-state index in [9.17, 15) is 13.2 Å². The Kier molecular flexibility index (Phi) is 5.62. The van der Waals surface area contributed by atoms with E-state index in [0.717, 1.165) is 12.1 Å². The summed E-state index contributed by atoms with van der Waals surface area (Å²) in [5, 5.41) is 0. The first kappa shape index (κ1) is 15.8. The number of rotatable bonds is 6. The number of likely N-dealkylation sites (N-methyl/N-ethyl adjacent to an activating group) is 1. The predicted octanol–water partition coefficient (Wildman–Crippen LogP) is 2.64. The topological polar surface area (TPSA) is 38.5 Å². The van der Waals surface area contributed by atoms with Gasteiger partial charge in [-0.05, 0) is 30.7 Å². The molecule has 108 valence electrons. The lowest BCUT2D eigenvalue weighted by atomic mass is 10.1. The minimum atomic E-state index is -4.34. The zero-order valence-corrected chi connectivity index (χ0v) is 11.1. The van der Waals surface area contributed by atoms with E-state index >= 15 is 0 Å². The molecule has 3 nitrogen and oxygen atoms in total. The first-order valence-electron chi connectivity index (χ1n) is 6.09. The summed E-state index contributed by atoms with van der Waals surface area (Å²) in [5.41, 5.74) is 6.04. The van der Waals surface area contributed by atoms with Crippen LogP contribution in [0, 0.1) is 0 Å². The van der Waals surface area contributed by atoms with Gasteiger partial charge in [-0.25, -0.2) is 0 Å². The Bertz CT molecular complexity index is 407. The number of anilines is 1. The van der Waals surface area contributed by atoms with Crippen molar-refractivity contribution in [2.24, 2.45) is 5.73 Å². The minimum absolute atomic E-state index is 0.0677. The number of ether oxygens (including phenoxy) is 1. The average molecular weight is 276 g/mol. The van der Waals surface area contributed by atoms with Gasteiger partial charge in [-0.3, -0.25) is 0 Å². The molecule has 0 saturated heterocycles. The van der Waals surface area contributed by atoms with Crippen LogP contribution >= 0.6 is 0 Å². The Hall–Kier alpha value is -1.27. The molecule has 0 unspecified atom stereocenters. The van der Waals surface area contributed by atoms with Gasteiger partial charge in [0.2, 0.25) is 0 Å². The van der Waals surface area contributed by atoms with Crippen molar-refractivity contribution in [1.29, 1.82) is 0 Å². The minimum Gasteiger partial charge on any atom is -0.380 e. The third kappa shape index (κ3) is 4.40. The molecule has 0 aliphatic carbocycles. The Morgan fingerprint density at radius 1 is 1.32 bits per heavy atom. The molecule has 0 saturated carbocycles. The van der Waals surface area contributed by atoms with E-state index in [4.69, 9.17) is 10.5 Å². The van der Waals surface area contributed by atoms with E-state index < -0.39 is 11.7 Å². The molecule has 0 heterocycles. The molecule has 1 rings (SSSR count). The zero-order chi connectivity index (χ0) is 14.5. The predicted molar refractivity (Wildman–Crippen MR) is 69.1 cm³/mol. The van der Waals surface area contributed by atoms with Gasteiger partial charge in [0, 0.05) is 32.4 Å². The fourth-order valence-corrected chi connectivity index (χ4v) is 1.76. The van der Waals surface area contributed by atoms with Crippen LogP contribution in [-0.4, -0.2) is 26.8 Å². The van der Waals surface area contributed by atoms with Gasteiger partial charge in [-0.1, -0.05) is 0 Å². The van der Waals surface area contributed by atoms with Crippen LogP contribution in [0.1, 0.15) is 18.1 Å². The molecule has 0 spiro atoms. The maximum Gasteiger partial charge on any atom is 0.416 e. The van der Waals surface area contributed by atoms with E-state index in [1.54, 1.807) is 7.05 Å². The van der Waals surface area contributed by atoms with Crippen LogP contribution in [0.25, 0.3) is 0 Å². The van der Waals surface area contributed by atoms with E-state index in [-0.39, 0.29) is 6.54 Å². The van der Waals surface area contributed by atoms with Crippen molar-refractivity contribution in [3.8, 4) is 0 Å². The summed E-state index contributed by atoms with van der Waals surface area (Å²) in [6, 6.07) is 3.63. The van der Waals surface area contributed by atoms with Crippen molar-refractivity contribution in [3.63, 3.8) is 0 Å². The number of halogens is 3. The first-order valence-corrected chi connectivity index (χ1v) is 6.09. The van der Waals surface area contributed by atoms with Crippen molar-refractivity contribution in [1.82, 2.24) is 0 Å². The Labute approximate surface area is 111 Å². The van der Waals surface area contributed by atoms with Gasteiger partial charge in [0.05, 0.1) is 12.2 Å². The molecule has 0 bridgehead atoms. The maximum absolute atomic E-state index is 12.6. The van der Waals surface area contributed by atoms with Crippen LogP contribution < -0.4 is 10.6 Å². The number of alkyl halides is 3. The van der Waals surface area contributed by atoms with Crippen LogP contribution in [0.2, 0.25) is 0 Å². The van der Waals surface area contributed by atoms with E-state index in [1.807, 2.05) is 11.8 Å². The molecule has 0 radical (unpaired) electrons. The molecule has 0 aromatic heterocycles. The fraction of sp³-hybridized carbons (Fsp3) is 0.538. The smallest absolute Gasteiger partial charge is 0.380 e. The highest BCUT2D eigenvalue weighted by atomic mass is 19.4. The second kappa shape index (κ2) is 6.77. The summed E-state index contributed by atoms with van der Waals surface area (Å²) in [6.07, 6.45) is -4.34. The molecule has 0 atom stereocenters. The zero-order valence-electron chi connectivity index (χ0n) is 11.1. The van der Waals surface area contributed by atoms with Gasteiger partial charge in [0.1, 0.15) is 0 Å². The van der Waals surface area contributed by atoms with Gasteiger partial charge in [0.25, 0.3) is 0 Å². The van der Waals surface area contributed by atoms with E-state index in [0.29, 0.717) is 31.0 Å². The second-order valence-corrected chi connectivity index (χ2v) is 4.16. The molecule has 0 aliphatic rings. The second-order valence-electron chi connectivity index (χ2n) is 4.16. The molecular weight excluding hydrogens is 257 g/mol. The highest BCUT2D eigenvalue weighted by Gasteiger charge is 2.31. The fourth-order valence-electron chi connectivity index (χ4n) is 1.76. The lowest BCUT2D eigenvalue weighted by molar-refractivity contribution is -0.137. The Morgan fingerprint density at radius 3 is 2.53 bits per heavy atom. The standard InChI is InChI=1S/C13H19F3N2O/c1-3-19-7-6-18(2)12-5-4-11(13(14,15)16)8-10(12)9-17/h4-5,8H,3,6-7,9,17H2,1-2H3. The summed E-state index contributed by atoms with van der Waals surface area (Å²) in [4.78, 5) is 1.85. The number of benzene rings is 1. The van der Waals surface area contributed by atoms with Crippen LogP contribution in [0.3, 0.4) is 0 Å². The van der Waals surface area contributed by atoms with Gasteiger partial charge >= 0.3 is 6.18 Å². The third-order valence-corrected chi connectivity index (χ3v) is 2.81. The third-order valence-electron chi connectivity index (χ3n) is 2.81. The molecule has 0 fully saturated rings. The van der Waals surface area contributed by atoms with Gasteiger partial charge in [-0.2, -0.15) is 13.2 Å². The Morgan fingerprint density at radius 2 is 2.00 bits per heavy atom. The maximum atomic E-state index is 12.6.